The highest BCUT2D eigenvalue weighted by Crippen LogP contribution is 2.10. The molecule has 16 heavy (non-hydrogen) atoms. The predicted octanol–water partition coefficient (Wildman–Crippen LogP) is 1.46. The lowest BCUT2D eigenvalue weighted by Gasteiger charge is -2.08. The van der Waals surface area contributed by atoms with Crippen molar-refractivity contribution >= 4 is 11.7 Å². The summed E-state index contributed by atoms with van der Waals surface area (Å²) in [7, 11) is 0. The molecule has 0 bridgehead atoms. The number of nitrogens with two attached hydrogens (primary N) is 1. The van der Waals surface area contributed by atoms with Crippen LogP contribution in [-0.2, 0) is 11.2 Å². The maximum absolute atomic E-state index is 10.5. The molecule has 0 aliphatic heterocycles. The molecular weight excluding hydrogens is 204 g/mol. The Labute approximate surface area is 95.5 Å². The van der Waals surface area contributed by atoms with Gasteiger partial charge < -0.3 is 16.2 Å². The second-order valence-corrected chi connectivity index (χ2v) is 3.96. The molecule has 0 aliphatic rings. The van der Waals surface area contributed by atoms with E-state index >= 15 is 0 Å². The zero-order valence-corrected chi connectivity index (χ0v) is 9.44. The van der Waals surface area contributed by atoms with Crippen molar-refractivity contribution in [2.45, 2.75) is 25.8 Å². The maximum atomic E-state index is 10.5. The maximum Gasteiger partial charge on any atom is 0.307 e. The molecular formula is C12H18N2O2. The third kappa shape index (κ3) is 4.79. The van der Waals surface area contributed by atoms with Gasteiger partial charge in [-0.1, -0.05) is 12.1 Å². The Morgan fingerprint density at radius 2 is 2.06 bits per heavy atom. The van der Waals surface area contributed by atoms with Gasteiger partial charge in [-0.25, -0.2) is 0 Å². The Hall–Kier alpha value is -1.55. The number of hydrogen-bond acceptors (Lipinski definition) is 3. The van der Waals surface area contributed by atoms with Gasteiger partial charge >= 0.3 is 5.97 Å². The zero-order chi connectivity index (χ0) is 12.0. The average molecular weight is 222 g/mol. The number of aliphatic carboxylic acids is 1. The smallest absolute Gasteiger partial charge is 0.307 e. The van der Waals surface area contributed by atoms with E-state index in [4.69, 9.17) is 10.8 Å². The number of rotatable bonds is 6. The quantitative estimate of drug-likeness (QED) is 0.681. The normalized spacial score (nSPS) is 12.1. The van der Waals surface area contributed by atoms with Crippen LogP contribution in [0, 0.1) is 0 Å². The van der Waals surface area contributed by atoms with E-state index in [0.717, 1.165) is 24.2 Å². The van der Waals surface area contributed by atoms with Crippen molar-refractivity contribution < 1.29 is 9.90 Å². The van der Waals surface area contributed by atoms with E-state index in [-0.39, 0.29) is 12.5 Å². The molecule has 1 aromatic rings. The van der Waals surface area contributed by atoms with Gasteiger partial charge in [0, 0.05) is 18.3 Å². The van der Waals surface area contributed by atoms with Gasteiger partial charge in [0.25, 0.3) is 0 Å². The minimum Gasteiger partial charge on any atom is -0.481 e. The molecule has 0 spiro atoms. The van der Waals surface area contributed by atoms with E-state index in [0.29, 0.717) is 0 Å². The number of hydrogen-bond donors (Lipinski definition) is 3. The van der Waals surface area contributed by atoms with Crippen molar-refractivity contribution in [3.63, 3.8) is 0 Å². The van der Waals surface area contributed by atoms with Crippen LogP contribution < -0.4 is 11.1 Å². The summed E-state index contributed by atoms with van der Waals surface area (Å²) >= 11 is 0. The molecule has 1 atom stereocenters. The minimum atomic E-state index is -0.808. The van der Waals surface area contributed by atoms with E-state index < -0.39 is 5.97 Å². The molecule has 0 saturated heterocycles. The summed E-state index contributed by atoms with van der Waals surface area (Å²) in [5.74, 6) is -0.808. The third-order valence-corrected chi connectivity index (χ3v) is 2.24. The molecule has 0 aromatic heterocycles. The first-order valence-corrected chi connectivity index (χ1v) is 5.38. The molecule has 0 fully saturated rings. The second kappa shape index (κ2) is 6.12. The lowest BCUT2D eigenvalue weighted by Crippen LogP contribution is -2.19. The van der Waals surface area contributed by atoms with E-state index in [9.17, 15) is 4.79 Å². The molecule has 4 heteroatoms. The van der Waals surface area contributed by atoms with Crippen LogP contribution in [-0.4, -0.2) is 23.7 Å². The average Bonchev–Trinajstić information content (AvgIpc) is 2.19. The van der Waals surface area contributed by atoms with Crippen LogP contribution in [0.25, 0.3) is 0 Å². The Bertz CT molecular complexity index is 333. The van der Waals surface area contributed by atoms with E-state index in [2.05, 4.69) is 5.32 Å². The summed E-state index contributed by atoms with van der Waals surface area (Å²) in [4.78, 5) is 10.5. The fourth-order valence-corrected chi connectivity index (χ4v) is 1.36. The molecule has 4 nitrogen and oxygen atoms in total. The first kappa shape index (κ1) is 12.5. The van der Waals surface area contributed by atoms with Gasteiger partial charge in [-0.2, -0.15) is 0 Å². The summed E-state index contributed by atoms with van der Waals surface area (Å²) < 4.78 is 0. The largest absolute Gasteiger partial charge is 0.481 e. The van der Waals surface area contributed by atoms with Crippen LogP contribution in [0.5, 0.6) is 0 Å². The number of carbonyl (C=O) groups is 1. The lowest BCUT2D eigenvalue weighted by atomic mass is 10.1. The Balaban J connectivity index is 2.42. The number of carboxylic acid groups (broad SMARTS) is 1. The molecule has 0 radical (unpaired) electrons. The van der Waals surface area contributed by atoms with Crippen LogP contribution in [0.2, 0.25) is 0 Å². The fourth-order valence-electron chi connectivity index (χ4n) is 1.36. The summed E-state index contributed by atoms with van der Waals surface area (Å²) in [6, 6.07) is 7.61. The number of nitrogens with one attached hydrogen (secondary N) is 1. The van der Waals surface area contributed by atoms with Crippen molar-refractivity contribution in [3.8, 4) is 0 Å². The van der Waals surface area contributed by atoms with Crippen molar-refractivity contribution in [1.82, 2.24) is 0 Å². The number of anilines is 1. The highest BCUT2D eigenvalue weighted by Gasteiger charge is 2.00. The van der Waals surface area contributed by atoms with Crippen molar-refractivity contribution in [2.24, 2.45) is 5.73 Å². The standard InChI is InChI=1S/C12H18N2O2/c1-9(13)6-7-14-11-4-2-10(3-5-11)8-12(15)16/h2-5,9,14H,6-8,13H2,1H3,(H,15,16). The molecule has 1 unspecified atom stereocenters. The first-order chi connectivity index (χ1) is 7.58. The Morgan fingerprint density at radius 1 is 1.44 bits per heavy atom. The number of carboxylic acids is 1. The van der Waals surface area contributed by atoms with Gasteiger partial charge in [0.2, 0.25) is 0 Å². The van der Waals surface area contributed by atoms with Crippen molar-refractivity contribution in [1.29, 1.82) is 0 Å². The highest BCUT2D eigenvalue weighted by atomic mass is 16.4. The Morgan fingerprint density at radius 3 is 2.56 bits per heavy atom. The van der Waals surface area contributed by atoms with Crippen molar-refractivity contribution in [2.75, 3.05) is 11.9 Å². The second-order valence-electron chi connectivity index (χ2n) is 3.96. The van der Waals surface area contributed by atoms with E-state index in [1.165, 1.54) is 0 Å². The summed E-state index contributed by atoms with van der Waals surface area (Å²) in [6.45, 7) is 2.80. The predicted molar refractivity (Wildman–Crippen MR) is 64.5 cm³/mol. The summed E-state index contributed by atoms with van der Waals surface area (Å²) in [5, 5.41) is 11.8. The van der Waals surface area contributed by atoms with Crippen LogP contribution >= 0.6 is 0 Å². The zero-order valence-electron chi connectivity index (χ0n) is 9.44. The van der Waals surface area contributed by atoms with Gasteiger partial charge in [0.05, 0.1) is 6.42 Å². The first-order valence-electron chi connectivity index (χ1n) is 5.38. The molecule has 1 aromatic carbocycles. The highest BCUT2D eigenvalue weighted by molar-refractivity contribution is 5.70. The molecule has 0 amide bonds. The topological polar surface area (TPSA) is 75.3 Å². The summed E-state index contributed by atoms with van der Waals surface area (Å²) in [5.41, 5.74) is 7.44. The monoisotopic (exact) mass is 222 g/mol. The molecule has 0 aliphatic carbocycles. The fraction of sp³-hybridized carbons (Fsp3) is 0.417. The van der Waals surface area contributed by atoms with E-state index in [1.807, 2.05) is 31.2 Å². The number of benzene rings is 1. The molecule has 4 N–H and O–H groups in total. The molecule has 0 heterocycles. The molecule has 88 valence electrons. The minimum absolute atomic E-state index is 0.0696. The Kier molecular flexibility index (Phi) is 4.79. The van der Waals surface area contributed by atoms with Gasteiger partial charge in [-0.05, 0) is 31.0 Å². The molecule has 0 saturated carbocycles. The van der Waals surface area contributed by atoms with Crippen LogP contribution in [0.4, 0.5) is 5.69 Å². The van der Waals surface area contributed by atoms with Crippen LogP contribution in [0.1, 0.15) is 18.9 Å². The van der Waals surface area contributed by atoms with Gasteiger partial charge in [-0.3, -0.25) is 4.79 Å². The van der Waals surface area contributed by atoms with Gasteiger partial charge in [0.15, 0.2) is 0 Å². The van der Waals surface area contributed by atoms with Gasteiger partial charge in [-0.15, -0.1) is 0 Å². The third-order valence-electron chi connectivity index (χ3n) is 2.24. The van der Waals surface area contributed by atoms with Crippen molar-refractivity contribution in [3.05, 3.63) is 29.8 Å². The van der Waals surface area contributed by atoms with Crippen LogP contribution in [0.3, 0.4) is 0 Å². The SMILES string of the molecule is CC(N)CCNc1ccc(CC(=O)O)cc1. The van der Waals surface area contributed by atoms with Gasteiger partial charge in [0.1, 0.15) is 0 Å². The summed E-state index contributed by atoms with van der Waals surface area (Å²) in [6.07, 6.45) is 0.983. The van der Waals surface area contributed by atoms with Crippen LogP contribution in [0.15, 0.2) is 24.3 Å². The van der Waals surface area contributed by atoms with E-state index in [1.54, 1.807) is 0 Å². The molecule has 1 rings (SSSR count). The lowest BCUT2D eigenvalue weighted by molar-refractivity contribution is -0.136.